The SMILES string of the molecule is CCN(CC)C(=O)c1ccc(C(c2cccc(O)c2)n2nc(C)c(-c3ccccc3CN3CCC4C=CC=CC4C3)c2C)cc1. The van der Waals surface area contributed by atoms with Gasteiger partial charge in [-0.25, -0.2) is 0 Å². The number of piperidine rings is 1. The normalized spacial score (nSPS) is 18.5. The monoisotopic (exact) mass is 600 g/mol. The zero-order valence-corrected chi connectivity index (χ0v) is 26.9. The van der Waals surface area contributed by atoms with Crippen LogP contribution >= 0.6 is 0 Å². The average molecular weight is 601 g/mol. The number of aromatic hydroxyl groups is 1. The quantitative estimate of drug-likeness (QED) is 0.215. The van der Waals surface area contributed by atoms with E-state index < -0.39 is 0 Å². The van der Waals surface area contributed by atoms with E-state index >= 15 is 0 Å². The molecule has 1 amide bonds. The van der Waals surface area contributed by atoms with Gasteiger partial charge in [0.1, 0.15) is 11.8 Å². The van der Waals surface area contributed by atoms with Gasteiger partial charge in [0.05, 0.1) is 5.69 Å². The van der Waals surface area contributed by atoms with Crippen molar-refractivity contribution in [3.05, 3.63) is 131 Å². The lowest BCUT2D eigenvalue weighted by atomic mass is 9.82. The molecule has 1 aromatic heterocycles. The van der Waals surface area contributed by atoms with E-state index in [1.165, 1.54) is 17.5 Å². The van der Waals surface area contributed by atoms with Crippen LogP contribution in [0.25, 0.3) is 11.1 Å². The summed E-state index contributed by atoms with van der Waals surface area (Å²) in [6.07, 6.45) is 10.3. The van der Waals surface area contributed by atoms with Crippen molar-refractivity contribution in [3.8, 4) is 16.9 Å². The van der Waals surface area contributed by atoms with Crippen LogP contribution in [0.5, 0.6) is 5.75 Å². The predicted octanol–water partition coefficient (Wildman–Crippen LogP) is 7.56. The third-order valence-corrected chi connectivity index (χ3v) is 9.59. The van der Waals surface area contributed by atoms with E-state index in [9.17, 15) is 9.90 Å². The van der Waals surface area contributed by atoms with Crippen LogP contribution in [0.1, 0.15) is 64.7 Å². The van der Waals surface area contributed by atoms with Crippen molar-refractivity contribution >= 4 is 5.91 Å². The maximum Gasteiger partial charge on any atom is 0.253 e. The first-order valence-electron chi connectivity index (χ1n) is 16.3. The first-order valence-corrected chi connectivity index (χ1v) is 16.3. The summed E-state index contributed by atoms with van der Waals surface area (Å²) in [6.45, 7) is 12.6. The second-order valence-corrected chi connectivity index (χ2v) is 12.4. The smallest absolute Gasteiger partial charge is 0.253 e. The van der Waals surface area contributed by atoms with Gasteiger partial charge in [0.2, 0.25) is 0 Å². The molecule has 6 nitrogen and oxygen atoms in total. The number of aromatic nitrogens is 2. The van der Waals surface area contributed by atoms with Crippen molar-refractivity contribution in [1.82, 2.24) is 19.6 Å². The molecule has 1 N–H and O–H groups in total. The minimum Gasteiger partial charge on any atom is -0.508 e. The molecule has 3 unspecified atom stereocenters. The summed E-state index contributed by atoms with van der Waals surface area (Å²) in [5.41, 5.74) is 8.32. The van der Waals surface area contributed by atoms with Crippen LogP contribution in [0.2, 0.25) is 0 Å². The molecule has 45 heavy (non-hydrogen) atoms. The Bertz CT molecular complexity index is 1710. The molecule has 0 radical (unpaired) electrons. The van der Waals surface area contributed by atoms with Crippen molar-refractivity contribution < 1.29 is 9.90 Å². The molecule has 0 saturated carbocycles. The van der Waals surface area contributed by atoms with E-state index in [2.05, 4.69) is 72.0 Å². The Balaban J connectivity index is 1.36. The summed E-state index contributed by atoms with van der Waals surface area (Å²) in [6, 6.07) is 23.7. The maximum atomic E-state index is 13.0. The highest BCUT2D eigenvalue weighted by atomic mass is 16.3. The molecule has 3 aromatic carbocycles. The largest absolute Gasteiger partial charge is 0.508 e. The molecule has 1 aliphatic heterocycles. The summed E-state index contributed by atoms with van der Waals surface area (Å²) in [5.74, 6) is 1.48. The van der Waals surface area contributed by atoms with E-state index in [0.717, 1.165) is 47.7 Å². The highest BCUT2D eigenvalue weighted by Crippen LogP contribution is 2.37. The first-order chi connectivity index (χ1) is 21.9. The number of likely N-dealkylation sites (tertiary alicyclic amines) is 1. The summed E-state index contributed by atoms with van der Waals surface area (Å²) < 4.78 is 2.09. The van der Waals surface area contributed by atoms with Crippen LogP contribution in [0.4, 0.5) is 0 Å². The molecule has 0 spiro atoms. The molecule has 1 saturated heterocycles. The maximum absolute atomic E-state index is 13.0. The van der Waals surface area contributed by atoms with Gasteiger partial charge in [-0.05, 0) is 99.0 Å². The lowest BCUT2D eigenvalue weighted by Gasteiger charge is -2.37. The van der Waals surface area contributed by atoms with Crippen molar-refractivity contribution in [2.24, 2.45) is 11.8 Å². The highest BCUT2D eigenvalue weighted by Gasteiger charge is 2.29. The second-order valence-electron chi connectivity index (χ2n) is 12.4. The summed E-state index contributed by atoms with van der Waals surface area (Å²) >= 11 is 0. The van der Waals surface area contributed by atoms with Crippen LogP contribution in [0.15, 0.2) is 97.1 Å². The number of nitrogens with zero attached hydrogens (tertiary/aromatic N) is 4. The summed E-state index contributed by atoms with van der Waals surface area (Å²) in [5, 5.41) is 15.6. The number of carbonyl (C=O) groups is 1. The number of hydrogen-bond donors (Lipinski definition) is 1. The minimum atomic E-state index is -0.278. The lowest BCUT2D eigenvalue weighted by molar-refractivity contribution is 0.0773. The van der Waals surface area contributed by atoms with Crippen LogP contribution in [-0.2, 0) is 6.54 Å². The van der Waals surface area contributed by atoms with Crippen molar-refractivity contribution in [3.63, 3.8) is 0 Å². The summed E-state index contributed by atoms with van der Waals surface area (Å²) in [7, 11) is 0. The minimum absolute atomic E-state index is 0.0330. The number of amides is 1. The van der Waals surface area contributed by atoms with E-state index in [1.54, 1.807) is 6.07 Å². The van der Waals surface area contributed by atoms with Gasteiger partial charge in [0.25, 0.3) is 5.91 Å². The van der Waals surface area contributed by atoms with Gasteiger partial charge in [-0.3, -0.25) is 14.4 Å². The molecule has 6 rings (SSSR count). The Morgan fingerprint density at radius 2 is 1.67 bits per heavy atom. The van der Waals surface area contributed by atoms with Gasteiger partial charge in [-0.1, -0.05) is 72.8 Å². The Morgan fingerprint density at radius 3 is 2.40 bits per heavy atom. The molecule has 1 fully saturated rings. The van der Waals surface area contributed by atoms with Crippen LogP contribution in [0.3, 0.4) is 0 Å². The highest BCUT2D eigenvalue weighted by molar-refractivity contribution is 5.94. The van der Waals surface area contributed by atoms with Crippen molar-refractivity contribution in [1.29, 1.82) is 0 Å². The number of aryl methyl sites for hydroxylation is 1. The number of allylic oxidation sites excluding steroid dienone is 3. The lowest BCUT2D eigenvalue weighted by Crippen LogP contribution is -2.39. The fourth-order valence-electron chi connectivity index (χ4n) is 7.19. The van der Waals surface area contributed by atoms with E-state index in [1.807, 2.05) is 61.2 Å². The number of benzene rings is 3. The zero-order chi connectivity index (χ0) is 31.5. The van der Waals surface area contributed by atoms with Crippen LogP contribution in [0, 0.1) is 25.7 Å². The van der Waals surface area contributed by atoms with Crippen molar-refractivity contribution in [2.45, 2.75) is 46.7 Å². The second kappa shape index (κ2) is 13.3. The van der Waals surface area contributed by atoms with Gasteiger partial charge < -0.3 is 10.0 Å². The zero-order valence-electron chi connectivity index (χ0n) is 26.9. The molecule has 6 heteroatoms. The molecule has 232 valence electrons. The average Bonchev–Trinajstić information content (AvgIpc) is 3.34. The first kappa shape index (κ1) is 30.6. The number of carbonyl (C=O) groups excluding carboxylic acids is 1. The number of phenolic OH excluding ortho intramolecular Hbond substituents is 1. The number of fused-ring (bicyclic) bond motifs is 1. The Kier molecular flexibility index (Phi) is 9.04. The van der Waals surface area contributed by atoms with Gasteiger partial charge in [0, 0.05) is 43.0 Å². The van der Waals surface area contributed by atoms with E-state index in [4.69, 9.17) is 5.10 Å². The van der Waals surface area contributed by atoms with Gasteiger partial charge in [0.15, 0.2) is 0 Å². The molecular weight excluding hydrogens is 556 g/mol. The molecule has 2 heterocycles. The molecular formula is C39H44N4O2. The Labute approximate surface area is 267 Å². The third kappa shape index (κ3) is 6.25. The van der Waals surface area contributed by atoms with Gasteiger partial charge in [-0.2, -0.15) is 5.10 Å². The predicted molar refractivity (Wildman–Crippen MR) is 181 cm³/mol. The van der Waals surface area contributed by atoms with E-state index in [0.29, 0.717) is 30.5 Å². The molecule has 1 aliphatic carbocycles. The van der Waals surface area contributed by atoms with Crippen LogP contribution < -0.4 is 0 Å². The molecule has 0 bridgehead atoms. The Morgan fingerprint density at radius 1 is 0.933 bits per heavy atom. The summed E-state index contributed by atoms with van der Waals surface area (Å²) in [4.78, 5) is 17.5. The van der Waals surface area contributed by atoms with Gasteiger partial charge >= 0.3 is 0 Å². The van der Waals surface area contributed by atoms with E-state index in [-0.39, 0.29) is 17.7 Å². The number of hydrogen-bond acceptors (Lipinski definition) is 4. The van der Waals surface area contributed by atoms with Crippen LogP contribution in [-0.4, -0.2) is 56.8 Å². The fourth-order valence-corrected chi connectivity index (χ4v) is 7.19. The standard InChI is InChI=1S/C39H44N4O2/c1-5-42(6-2)39(45)31-20-18-30(19-21-31)38(32-15-11-16-35(44)24-32)43-28(4)37(27(3)40-43)36-17-10-9-14-34(36)26-41-23-22-29-12-7-8-13-33(29)25-41/h7-21,24,29,33,38,44H,5-6,22-23,25-26H2,1-4H3. The molecule has 3 atom stereocenters. The molecule has 4 aromatic rings. The Hall–Kier alpha value is -4.42. The van der Waals surface area contributed by atoms with Crippen molar-refractivity contribution in [2.75, 3.05) is 26.2 Å². The van der Waals surface area contributed by atoms with Gasteiger partial charge in [-0.15, -0.1) is 0 Å². The fraction of sp³-hybridized carbons (Fsp3) is 0.333. The number of phenols is 1. The molecule has 2 aliphatic rings. The third-order valence-electron chi connectivity index (χ3n) is 9.59. The topological polar surface area (TPSA) is 61.6 Å². The number of rotatable bonds is 9.